The first kappa shape index (κ1) is 19.3. The minimum Gasteiger partial charge on any atom is -0.354 e. The third-order valence-corrected chi connectivity index (χ3v) is 5.60. The Morgan fingerprint density at radius 1 is 1.28 bits per heavy atom. The maximum absolute atomic E-state index is 12.1. The van der Waals surface area contributed by atoms with Crippen LogP contribution in [0.5, 0.6) is 0 Å². The molecule has 1 aliphatic rings. The number of hydrogen-bond donors (Lipinski definition) is 2. The number of aryl methyl sites for hydroxylation is 1. The van der Waals surface area contributed by atoms with E-state index in [0.717, 1.165) is 53.8 Å². The number of aromatic amines is 1. The smallest absolute Gasteiger partial charge is 0.269 e. The van der Waals surface area contributed by atoms with Crippen LogP contribution in [0.2, 0.25) is 0 Å². The highest BCUT2D eigenvalue weighted by Crippen LogP contribution is 2.28. The van der Waals surface area contributed by atoms with Crippen molar-refractivity contribution in [2.75, 3.05) is 20.1 Å². The Hall–Kier alpha value is -3.06. The molecule has 0 spiro atoms. The van der Waals surface area contributed by atoms with Crippen LogP contribution in [0.3, 0.4) is 0 Å². The summed E-state index contributed by atoms with van der Waals surface area (Å²) >= 11 is 0. The van der Waals surface area contributed by atoms with Crippen molar-refractivity contribution < 1.29 is 4.79 Å². The first-order chi connectivity index (χ1) is 14.1. The maximum Gasteiger partial charge on any atom is 0.269 e. The molecule has 4 heterocycles. The average molecular weight is 391 g/mol. The van der Waals surface area contributed by atoms with Crippen LogP contribution in [-0.4, -0.2) is 45.9 Å². The van der Waals surface area contributed by atoms with Gasteiger partial charge in [0.15, 0.2) is 0 Å². The van der Waals surface area contributed by atoms with Crippen LogP contribution in [-0.2, 0) is 13.0 Å². The maximum atomic E-state index is 12.1. The van der Waals surface area contributed by atoms with E-state index in [1.54, 1.807) is 13.1 Å². The van der Waals surface area contributed by atoms with E-state index in [-0.39, 0.29) is 11.5 Å². The number of nitrogens with one attached hydrogen (secondary N) is 2. The molecule has 4 rings (SSSR count). The SMILES string of the molecule is CCc1cc2ncc(CN3CCC(c4ccc(C(=O)NC)nc4)C3)cc2[nH]c1=O. The second-order valence-corrected chi connectivity index (χ2v) is 7.53. The molecule has 150 valence electrons. The Bertz CT molecular complexity index is 1090. The van der Waals surface area contributed by atoms with Crippen LogP contribution in [0.15, 0.2) is 41.5 Å². The van der Waals surface area contributed by atoms with Gasteiger partial charge < -0.3 is 10.3 Å². The molecule has 1 saturated heterocycles. The molecule has 2 N–H and O–H groups in total. The van der Waals surface area contributed by atoms with E-state index in [0.29, 0.717) is 18.0 Å². The van der Waals surface area contributed by atoms with Crippen molar-refractivity contribution in [3.63, 3.8) is 0 Å². The molecule has 0 radical (unpaired) electrons. The van der Waals surface area contributed by atoms with E-state index in [2.05, 4.69) is 25.2 Å². The second-order valence-electron chi connectivity index (χ2n) is 7.53. The number of nitrogens with zero attached hydrogens (tertiary/aromatic N) is 3. The van der Waals surface area contributed by atoms with Gasteiger partial charge in [-0.25, -0.2) is 0 Å². The van der Waals surface area contributed by atoms with Gasteiger partial charge in [-0.3, -0.25) is 24.5 Å². The van der Waals surface area contributed by atoms with E-state index >= 15 is 0 Å². The van der Waals surface area contributed by atoms with Crippen LogP contribution in [0.1, 0.15) is 46.4 Å². The summed E-state index contributed by atoms with van der Waals surface area (Å²) in [6, 6.07) is 7.68. The summed E-state index contributed by atoms with van der Waals surface area (Å²) in [6.07, 6.45) is 5.46. The summed E-state index contributed by atoms with van der Waals surface area (Å²) in [6.45, 7) is 4.69. The summed E-state index contributed by atoms with van der Waals surface area (Å²) in [7, 11) is 1.60. The number of aromatic nitrogens is 3. The zero-order chi connectivity index (χ0) is 20.4. The third kappa shape index (κ3) is 4.05. The van der Waals surface area contributed by atoms with Gasteiger partial charge in [0.05, 0.1) is 11.0 Å². The van der Waals surface area contributed by atoms with Gasteiger partial charge in [0.1, 0.15) is 5.69 Å². The van der Waals surface area contributed by atoms with Crippen molar-refractivity contribution >= 4 is 16.9 Å². The van der Waals surface area contributed by atoms with Gasteiger partial charge in [-0.15, -0.1) is 0 Å². The number of rotatable bonds is 5. The Labute approximate surface area is 169 Å². The standard InChI is InChI=1S/C22H25N5O2/c1-3-15-9-19-20(26-21(15)28)8-14(10-24-19)12-27-7-6-17(13-27)16-4-5-18(25-11-16)22(29)23-2/h4-5,8-11,17H,3,6-7,12-13H2,1-2H3,(H,23,29)(H,26,28). The van der Waals surface area contributed by atoms with E-state index in [4.69, 9.17) is 0 Å². The first-order valence-corrected chi connectivity index (χ1v) is 9.98. The number of fused-ring (bicyclic) bond motifs is 1. The van der Waals surface area contributed by atoms with Crippen molar-refractivity contribution in [1.29, 1.82) is 0 Å². The van der Waals surface area contributed by atoms with Gasteiger partial charge in [0, 0.05) is 38.1 Å². The number of carbonyl (C=O) groups is 1. The fourth-order valence-corrected chi connectivity index (χ4v) is 3.93. The Kier molecular flexibility index (Phi) is 5.40. The second kappa shape index (κ2) is 8.13. The van der Waals surface area contributed by atoms with E-state index in [1.165, 1.54) is 0 Å². The molecule has 7 heteroatoms. The molecule has 0 saturated carbocycles. The highest BCUT2D eigenvalue weighted by molar-refractivity contribution is 5.91. The molecule has 0 bridgehead atoms. The highest BCUT2D eigenvalue weighted by atomic mass is 16.1. The fraction of sp³-hybridized carbons (Fsp3) is 0.364. The molecule has 1 aliphatic heterocycles. The molecule has 1 fully saturated rings. The van der Waals surface area contributed by atoms with Crippen molar-refractivity contribution in [3.05, 3.63) is 69.4 Å². The molecule has 7 nitrogen and oxygen atoms in total. The summed E-state index contributed by atoms with van der Waals surface area (Å²) in [5.41, 5.74) is 5.03. The minimum atomic E-state index is -0.169. The number of H-pyrrole nitrogens is 1. The lowest BCUT2D eigenvalue weighted by Gasteiger charge is -2.16. The predicted octanol–water partition coefficient (Wildman–Crippen LogP) is 2.23. The number of hydrogen-bond acceptors (Lipinski definition) is 5. The quantitative estimate of drug-likeness (QED) is 0.696. The van der Waals surface area contributed by atoms with Crippen molar-refractivity contribution in [3.8, 4) is 0 Å². The van der Waals surface area contributed by atoms with Gasteiger partial charge >= 0.3 is 0 Å². The normalized spacial score (nSPS) is 17.0. The molecule has 3 aromatic heterocycles. The van der Waals surface area contributed by atoms with E-state index in [1.807, 2.05) is 37.5 Å². The number of carbonyl (C=O) groups excluding carboxylic acids is 1. The zero-order valence-corrected chi connectivity index (χ0v) is 16.7. The molecule has 29 heavy (non-hydrogen) atoms. The molecular formula is C22H25N5O2. The molecule has 0 aromatic carbocycles. The number of pyridine rings is 3. The van der Waals surface area contributed by atoms with Gasteiger partial charge in [-0.1, -0.05) is 13.0 Å². The van der Waals surface area contributed by atoms with Gasteiger partial charge in [-0.05, 0) is 54.6 Å². The van der Waals surface area contributed by atoms with Crippen molar-refractivity contribution in [2.45, 2.75) is 32.2 Å². The molecule has 1 amide bonds. The van der Waals surface area contributed by atoms with Crippen molar-refractivity contribution in [2.24, 2.45) is 0 Å². The predicted molar refractivity (Wildman–Crippen MR) is 112 cm³/mol. The Morgan fingerprint density at radius 3 is 2.86 bits per heavy atom. The number of amides is 1. The lowest BCUT2D eigenvalue weighted by atomic mass is 10.00. The summed E-state index contributed by atoms with van der Waals surface area (Å²) in [5.74, 6) is 0.235. The van der Waals surface area contributed by atoms with Crippen LogP contribution < -0.4 is 10.9 Å². The van der Waals surface area contributed by atoms with Crippen LogP contribution in [0.4, 0.5) is 0 Å². The Balaban J connectivity index is 1.44. The molecular weight excluding hydrogens is 366 g/mol. The minimum absolute atomic E-state index is 0.0344. The zero-order valence-electron chi connectivity index (χ0n) is 16.7. The van der Waals surface area contributed by atoms with E-state index in [9.17, 15) is 9.59 Å². The largest absolute Gasteiger partial charge is 0.354 e. The highest BCUT2D eigenvalue weighted by Gasteiger charge is 2.24. The van der Waals surface area contributed by atoms with E-state index < -0.39 is 0 Å². The van der Waals surface area contributed by atoms with Crippen LogP contribution >= 0.6 is 0 Å². The van der Waals surface area contributed by atoms with Gasteiger partial charge in [-0.2, -0.15) is 0 Å². The lowest BCUT2D eigenvalue weighted by molar-refractivity contribution is 0.0958. The molecule has 1 unspecified atom stereocenters. The first-order valence-electron chi connectivity index (χ1n) is 9.98. The Morgan fingerprint density at radius 2 is 2.14 bits per heavy atom. The van der Waals surface area contributed by atoms with Crippen molar-refractivity contribution in [1.82, 2.24) is 25.2 Å². The van der Waals surface area contributed by atoms with Crippen LogP contribution in [0.25, 0.3) is 11.0 Å². The van der Waals surface area contributed by atoms with Gasteiger partial charge in [0.25, 0.3) is 11.5 Å². The lowest BCUT2D eigenvalue weighted by Crippen LogP contribution is -2.20. The van der Waals surface area contributed by atoms with Gasteiger partial charge in [0.2, 0.25) is 0 Å². The topological polar surface area (TPSA) is 91.0 Å². The fourth-order valence-electron chi connectivity index (χ4n) is 3.93. The molecule has 3 aromatic rings. The summed E-state index contributed by atoms with van der Waals surface area (Å²) in [5, 5.41) is 2.59. The van der Waals surface area contributed by atoms with Crippen LogP contribution in [0, 0.1) is 0 Å². The molecule has 0 aliphatic carbocycles. The average Bonchev–Trinajstić information content (AvgIpc) is 3.21. The summed E-state index contributed by atoms with van der Waals surface area (Å²) in [4.78, 5) is 37.9. The number of likely N-dealkylation sites (tertiary alicyclic amines) is 1. The third-order valence-electron chi connectivity index (χ3n) is 5.60. The summed E-state index contributed by atoms with van der Waals surface area (Å²) < 4.78 is 0. The monoisotopic (exact) mass is 391 g/mol. The molecule has 1 atom stereocenters.